The van der Waals surface area contributed by atoms with Crippen LogP contribution in [0.15, 0.2) is 30.6 Å². The van der Waals surface area contributed by atoms with Crippen LogP contribution in [-0.2, 0) is 16.0 Å². The highest BCUT2D eigenvalue weighted by Crippen LogP contribution is 2.29. The van der Waals surface area contributed by atoms with E-state index in [1.807, 2.05) is 13.8 Å². The number of benzene rings is 1. The number of aryl methyl sites for hydroxylation is 1. The molecule has 2 aromatic rings. The minimum absolute atomic E-state index is 0.198. The number of alkyl halides is 1. The maximum atomic E-state index is 14.5. The van der Waals surface area contributed by atoms with Gasteiger partial charge in [-0.2, -0.15) is 0 Å². The second kappa shape index (κ2) is 11.9. The number of hydrogen-bond donors (Lipinski definition) is 0. The molecule has 0 spiro atoms. The summed E-state index contributed by atoms with van der Waals surface area (Å²) in [6.45, 7) is 4.37. The van der Waals surface area contributed by atoms with Crippen LogP contribution in [0.25, 0.3) is 11.4 Å². The van der Waals surface area contributed by atoms with Crippen LogP contribution in [0.3, 0.4) is 0 Å². The lowest BCUT2D eigenvalue weighted by Crippen LogP contribution is -2.30. The van der Waals surface area contributed by atoms with Gasteiger partial charge < -0.3 is 9.47 Å². The predicted octanol–water partition coefficient (Wildman–Crippen LogP) is 5.85. The Morgan fingerprint density at radius 2 is 1.88 bits per heavy atom. The molecular weight excluding hydrogens is 414 g/mol. The van der Waals surface area contributed by atoms with Crippen LogP contribution in [0.5, 0.6) is 5.75 Å². The summed E-state index contributed by atoms with van der Waals surface area (Å²) in [7, 11) is 0. The molecular formula is C25H32F2N2O3. The largest absolute Gasteiger partial charge is 0.490 e. The Kier molecular flexibility index (Phi) is 8.94. The zero-order valence-corrected chi connectivity index (χ0v) is 18.9. The fourth-order valence-electron chi connectivity index (χ4n) is 3.81. The summed E-state index contributed by atoms with van der Waals surface area (Å²) in [6, 6.07) is 4.74. The van der Waals surface area contributed by atoms with Gasteiger partial charge in [-0.05, 0) is 68.2 Å². The van der Waals surface area contributed by atoms with Crippen LogP contribution in [0.1, 0.15) is 64.4 Å². The van der Waals surface area contributed by atoms with E-state index in [1.54, 1.807) is 24.5 Å². The van der Waals surface area contributed by atoms with Crippen molar-refractivity contribution in [2.45, 2.75) is 77.5 Å². The van der Waals surface area contributed by atoms with E-state index in [0.29, 0.717) is 37.3 Å². The third kappa shape index (κ3) is 6.71. The standard InChI is InChI=1S/C25H32F2N2O3/c1-3-5-6-21(26)25(30)32-20-10-7-18(8-11-20)16-31-23-12-9-19(13-22(23)27)24-28-14-17(4-2)15-29-24/h9,12-15,18,20-21H,3-8,10-11,16H2,1-2H3/t18-,20-,21-/m0/s1. The van der Waals surface area contributed by atoms with Gasteiger partial charge in [0.15, 0.2) is 23.6 Å². The first-order valence-electron chi connectivity index (χ1n) is 11.6. The molecule has 3 rings (SSSR count). The molecule has 0 radical (unpaired) electrons. The Morgan fingerprint density at radius 1 is 1.16 bits per heavy atom. The second-order valence-corrected chi connectivity index (χ2v) is 8.41. The number of carbonyl (C=O) groups excluding carboxylic acids is 1. The SMILES string of the molecule is CCCC[C@H](F)C(=O)O[C@H]1CC[C@H](COc2ccc(-c3ncc(CC)cn3)cc2F)CC1. The smallest absolute Gasteiger partial charge is 0.340 e. The quantitative estimate of drug-likeness (QED) is 0.428. The Morgan fingerprint density at radius 3 is 2.50 bits per heavy atom. The molecule has 0 aliphatic heterocycles. The van der Waals surface area contributed by atoms with E-state index in [0.717, 1.165) is 31.2 Å². The molecule has 7 heteroatoms. The van der Waals surface area contributed by atoms with E-state index >= 15 is 0 Å². The fourth-order valence-corrected chi connectivity index (χ4v) is 3.81. The summed E-state index contributed by atoms with van der Waals surface area (Å²) in [5.41, 5.74) is 1.63. The van der Waals surface area contributed by atoms with E-state index in [9.17, 15) is 13.6 Å². The van der Waals surface area contributed by atoms with Crippen molar-refractivity contribution in [3.05, 3.63) is 42.0 Å². The molecule has 1 saturated carbocycles. The van der Waals surface area contributed by atoms with Gasteiger partial charge in [0.2, 0.25) is 0 Å². The maximum Gasteiger partial charge on any atom is 0.340 e. The molecule has 0 bridgehead atoms. The lowest BCUT2D eigenvalue weighted by atomic mass is 9.88. The maximum absolute atomic E-state index is 14.5. The van der Waals surface area contributed by atoms with E-state index in [4.69, 9.17) is 9.47 Å². The normalized spacial score (nSPS) is 19.4. The monoisotopic (exact) mass is 446 g/mol. The summed E-state index contributed by atoms with van der Waals surface area (Å²) < 4.78 is 39.4. The third-order valence-corrected chi connectivity index (χ3v) is 5.92. The Hall–Kier alpha value is -2.57. The van der Waals surface area contributed by atoms with Gasteiger partial charge in [0.05, 0.1) is 6.61 Å². The number of unbranched alkanes of at least 4 members (excludes halogenated alkanes) is 1. The summed E-state index contributed by atoms with van der Waals surface area (Å²) in [6.07, 6.45) is 7.25. The van der Waals surface area contributed by atoms with Crippen molar-refractivity contribution in [1.82, 2.24) is 9.97 Å². The number of esters is 1. The van der Waals surface area contributed by atoms with Crippen LogP contribution in [-0.4, -0.2) is 34.8 Å². The zero-order valence-electron chi connectivity index (χ0n) is 18.9. The van der Waals surface area contributed by atoms with Gasteiger partial charge in [-0.15, -0.1) is 0 Å². The van der Waals surface area contributed by atoms with Gasteiger partial charge in [-0.1, -0.05) is 26.7 Å². The predicted molar refractivity (Wildman–Crippen MR) is 119 cm³/mol. The summed E-state index contributed by atoms with van der Waals surface area (Å²) in [5.74, 6) is -0.271. The highest BCUT2D eigenvalue weighted by Gasteiger charge is 2.27. The lowest BCUT2D eigenvalue weighted by Gasteiger charge is -2.28. The number of carbonyl (C=O) groups is 1. The summed E-state index contributed by atoms with van der Waals surface area (Å²) in [5, 5.41) is 0. The molecule has 1 aliphatic rings. The number of rotatable bonds is 10. The molecule has 1 heterocycles. The van der Waals surface area contributed by atoms with Crippen molar-refractivity contribution in [3.8, 4) is 17.1 Å². The first kappa shape index (κ1) is 24.1. The third-order valence-electron chi connectivity index (χ3n) is 5.92. The Balaban J connectivity index is 1.45. The number of aromatic nitrogens is 2. The molecule has 1 atom stereocenters. The molecule has 0 unspecified atom stereocenters. The van der Waals surface area contributed by atoms with E-state index in [-0.39, 0.29) is 24.2 Å². The summed E-state index contributed by atoms with van der Waals surface area (Å²) >= 11 is 0. The van der Waals surface area contributed by atoms with E-state index < -0.39 is 18.0 Å². The Bertz CT molecular complexity index is 868. The van der Waals surface area contributed by atoms with Crippen LogP contribution in [0.4, 0.5) is 8.78 Å². The Labute approximate surface area is 188 Å². The molecule has 0 N–H and O–H groups in total. The van der Waals surface area contributed by atoms with Crippen molar-refractivity contribution in [1.29, 1.82) is 0 Å². The van der Waals surface area contributed by atoms with E-state index in [1.165, 1.54) is 6.07 Å². The van der Waals surface area contributed by atoms with Crippen LogP contribution in [0.2, 0.25) is 0 Å². The highest BCUT2D eigenvalue weighted by atomic mass is 19.1. The molecule has 1 fully saturated rings. The van der Waals surface area contributed by atoms with E-state index in [2.05, 4.69) is 9.97 Å². The first-order chi connectivity index (χ1) is 15.5. The van der Waals surface area contributed by atoms with Crippen molar-refractivity contribution >= 4 is 5.97 Å². The van der Waals surface area contributed by atoms with Gasteiger partial charge in [0, 0.05) is 18.0 Å². The average Bonchev–Trinajstić information content (AvgIpc) is 2.82. The van der Waals surface area contributed by atoms with Gasteiger partial charge in [0.1, 0.15) is 6.10 Å². The number of hydrogen-bond acceptors (Lipinski definition) is 5. The van der Waals surface area contributed by atoms with Gasteiger partial charge >= 0.3 is 5.97 Å². The average molecular weight is 447 g/mol. The van der Waals surface area contributed by atoms with Crippen LogP contribution < -0.4 is 4.74 Å². The topological polar surface area (TPSA) is 61.3 Å². The van der Waals surface area contributed by atoms with Gasteiger partial charge in [0.25, 0.3) is 0 Å². The van der Waals surface area contributed by atoms with Crippen molar-refractivity contribution in [3.63, 3.8) is 0 Å². The molecule has 1 aromatic heterocycles. The van der Waals surface area contributed by atoms with Gasteiger partial charge in [-0.3, -0.25) is 0 Å². The van der Waals surface area contributed by atoms with Crippen LogP contribution in [0, 0.1) is 11.7 Å². The number of halogens is 2. The van der Waals surface area contributed by atoms with Crippen molar-refractivity contribution in [2.75, 3.05) is 6.61 Å². The molecule has 1 aromatic carbocycles. The minimum atomic E-state index is -1.53. The highest BCUT2D eigenvalue weighted by molar-refractivity contribution is 5.74. The van der Waals surface area contributed by atoms with Crippen LogP contribution >= 0.6 is 0 Å². The minimum Gasteiger partial charge on any atom is -0.490 e. The number of nitrogens with zero attached hydrogens (tertiary/aromatic N) is 2. The molecule has 32 heavy (non-hydrogen) atoms. The molecule has 174 valence electrons. The second-order valence-electron chi connectivity index (χ2n) is 8.41. The zero-order chi connectivity index (χ0) is 22.9. The lowest BCUT2D eigenvalue weighted by molar-refractivity contribution is -0.157. The number of ether oxygens (including phenoxy) is 2. The summed E-state index contributed by atoms with van der Waals surface area (Å²) in [4.78, 5) is 20.4. The first-order valence-corrected chi connectivity index (χ1v) is 11.6. The molecule has 1 aliphatic carbocycles. The van der Waals surface area contributed by atoms with Gasteiger partial charge in [-0.25, -0.2) is 23.5 Å². The molecule has 5 nitrogen and oxygen atoms in total. The van der Waals surface area contributed by atoms with Crippen molar-refractivity contribution < 1.29 is 23.0 Å². The fraction of sp³-hybridized carbons (Fsp3) is 0.560. The molecule has 0 saturated heterocycles. The molecule has 0 amide bonds. The van der Waals surface area contributed by atoms with Crippen molar-refractivity contribution in [2.24, 2.45) is 5.92 Å².